The molecule has 1 amide bonds. The Bertz CT molecular complexity index is 1180. The molecule has 2 aromatic carbocycles. The second kappa shape index (κ2) is 13.1. The van der Waals surface area contributed by atoms with Crippen molar-refractivity contribution < 1.29 is 31.1 Å². The van der Waals surface area contributed by atoms with Gasteiger partial charge in [0.1, 0.15) is 6.04 Å². The maximum atomic E-state index is 13.8. The summed E-state index contributed by atoms with van der Waals surface area (Å²) < 4.78 is 79.9. The molecule has 1 aliphatic heterocycles. The standard InChI is InChI=1S/C29H33Cl2F6N3O/c1-38(10-9-19-15-21(28(32,33)34)18-22(16-19)29(35,36)37)27(41)26(20-7-8-24(30)25(31)17-20)40-13-11-39(12-14-40)23-5-3-2-4-6-23/h7-8,15-18,23,26H,2-6,9-14H2,1H3. The van der Waals surface area contributed by atoms with E-state index in [1.807, 2.05) is 0 Å². The van der Waals surface area contributed by atoms with Gasteiger partial charge in [-0.05, 0) is 60.7 Å². The van der Waals surface area contributed by atoms with Crippen molar-refractivity contribution >= 4 is 29.1 Å². The summed E-state index contributed by atoms with van der Waals surface area (Å²) >= 11 is 12.4. The Morgan fingerprint density at radius 2 is 1.46 bits per heavy atom. The summed E-state index contributed by atoms with van der Waals surface area (Å²) in [4.78, 5) is 19.7. The van der Waals surface area contributed by atoms with Crippen molar-refractivity contribution in [2.24, 2.45) is 0 Å². The van der Waals surface area contributed by atoms with Crippen molar-refractivity contribution in [2.75, 3.05) is 39.8 Å². The van der Waals surface area contributed by atoms with Gasteiger partial charge in [0.15, 0.2) is 0 Å². The van der Waals surface area contributed by atoms with Gasteiger partial charge in [-0.2, -0.15) is 26.3 Å². The van der Waals surface area contributed by atoms with Crippen LogP contribution >= 0.6 is 23.2 Å². The number of benzene rings is 2. The molecule has 41 heavy (non-hydrogen) atoms. The van der Waals surface area contributed by atoms with Crippen LogP contribution in [-0.2, 0) is 23.6 Å². The van der Waals surface area contributed by atoms with E-state index < -0.39 is 29.5 Å². The van der Waals surface area contributed by atoms with Crippen LogP contribution in [0.25, 0.3) is 0 Å². The SMILES string of the molecule is CN(CCc1cc(C(F)(F)F)cc(C(F)(F)F)c1)C(=O)C(c1ccc(Cl)c(Cl)c1)N1CCN(C2CCCCC2)CC1. The monoisotopic (exact) mass is 623 g/mol. The van der Waals surface area contributed by atoms with Crippen molar-refractivity contribution in [1.29, 1.82) is 0 Å². The topological polar surface area (TPSA) is 26.8 Å². The number of rotatable bonds is 7. The minimum Gasteiger partial charge on any atom is -0.344 e. The molecule has 2 aromatic rings. The number of likely N-dealkylation sites (N-methyl/N-ethyl adjacent to an activating group) is 1. The summed E-state index contributed by atoms with van der Waals surface area (Å²) in [5.74, 6) is -0.322. The number of piperazine rings is 1. The molecule has 4 rings (SSSR count). The first-order valence-electron chi connectivity index (χ1n) is 13.7. The Labute approximate surface area is 246 Å². The van der Waals surface area contributed by atoms with Crippen molar-refractivity contribution in [1.82, 2.24) is 14.7 Å². The maximum Gasteiger partial charge on any atom is 0.416 e. The van der Waals surface area contributed by atoms with E-state index in [2.05, 4.69) is 9.80 Å². The molecular formula is C29H33Cl2F6N3O. The second-order valence-electron chi connectivity index (χ2n) is 10.9. The summed E-state index contributed by atoms with van der Waals surface area (Å²) in [6, 6.07) is 6.29. The van der Waals surface area contributed by atoms with Crippen molar-refractivity contribution in [3.05, 3.63) is 68.7 Å². The van der Waals surface area contributed by atoms with E-state index in [0.717, 1.165) is 13.1 Å². The summed E-state index contributed by atoms with van der Waals surface area (Å²) in [7, 11) is 1.50. The molecule has 0 bridgehead atoms. The fraction of sp³-hybridized carbons (Fsp3) is 0.552. The lowest BCUT2D eigenvalue weighted by Crippen LogP contribution is -2.54. The molecule has 0 aromatic heterocycles. The van der Waals surface area contributed by atoms with E-state index >= 15 is 0 Å². The number of carbonyl (C=O) groups is 1. The molecule has 1 aliphatic carbocycles. The number of carbonyl (C=O) groups excluding carboxylic acids is 1. The normalized spacial score (nSPS) is 18.9. The van der Waals surface area contributed by atoms with Crippen LogP contribution in [0.2, 0.25) is 10.0 Å². The summed E-state index contributed by atoms with van der Waals surface area (Å²) in [5, 5.41) is 0.621. The summed E-state index contributed by atoms with van der Waals surface area (Å²) in [6.45, 7) is 2.78. The van der Waals surface area contributed by atoms with Crippen molar-refractivity contribution in [3.63, 3.8) is 0 Å². The third-order valence-corrected chi connectivity index (χ3v) is 8.80. The molecule has 1 atom stereocenters. The van der Waals surface area contributed by atoms with Crippen LogP contribution in [-0.4, -0.2) is 66.4 Å². The second-order valence-corrected chi connectivity index (χ2v) is 11.7. The van der Waals surface area contributed by atoms with Crippen LogP contribution in [0.4, 0.5) is 26.3 Å². The molecule has 12 heteroatoms. The fourth-order valence-corrected chi connectivity index (χ4v) is 6.08. The zero-order chi connectivity index (χ0) is 29.9. The molecule has 4 nitrogen and oxygen atoms in total. The molecule has 0 radical (unpaired) electrons. The average Bonchev–Trinajstić information content (AvgIpc) is 2.93. The number of hydrogen-bond donors (Lipinski definition) is 0. The van der Waals surface area contributed by atoms with Gasteiger partial charge in [0.2, 0.25) is 5.91 Å². The maximum absolute atomic E-state index is 13.8. The minimum atomic E-state index is -4.93. The Balaban J connectivity index is 1.52. The minimum absolute atomic E-state index is 0.0721. The first-order valence-corrected chi connectivity index (χ1v) is 14.5. The van der Waals surface area contributed by atoms with Gasteiger partial charge in [-0.3, -0.25) is 14.6 Å². The molecule has 0 N–H and O–H groups in total. The average molecular weight is 624 g/mol. The van der Waals surface area contributed by atoms with Crippen LogP contribution in [0.1, 0.15) is 60.4 Å². The van der Waals surface area contributed by atoms with Gasteiger partial charge < -0.3 is 4.90 Å². The highest BCUT2D eigenvalue weighted by Crippen LogP contribution is 2.37. The predicted molar refractivity (Wildman–Crippen MR) is 147 cm³/mol. The Morgan fingerprint density at radius 1 is 0.878 bits per heavy atom. The van der Waals surface area contributed by atoms with Gasteiger partial charge in [-0.25, -0.2) is 0 Å². The molecule has 1 unspecified atom stereocenters. The number of hydrogen-bond acceptors (Lipinski definition) is 3. The molecular weight excluding hydrogens is 591 g/mol. The van der Waals surface area contributed by atoms with Gasteiger partial charge in [0, 0.05) is 45.8 Å². The lowest BCUT2D eigenvalue weighted by molar-refractivity contribution is -0.143. The highest BCUT2D eigenvalue weighted by molar-refractivity contribution is 6.42. The van der Waals surface area contributed by atoms with Gasteiger partial charge >= 0.3 is 12.4 Å². The van der Waals surface area contributed by atoms with Crippen LogP contribution < -0.4 is 0 Å². The van der Waals surface area contributed by atoms with Crippen molar-refractivity contribution in [3.8, 4) is 0 Å². The largest absolute Gasteiger partial charge is 0.416 e. The third kappa shape index (κ3) is 8.09. The van der Waals surface area contributed by atoms with Gasteiger partial charge in [0.25, 0.3) is 0 Å². The molecule has 1 saturated carbocycles. The number of nitrogens with zero attached hydrogens (tertiary/aromatic N) is 3. The van der Waals surface area contributed by atoms with Crippen LogP contribution in [0.15, 0.2) is 36.4 Å². The Kier molecular flexibility index (Phi) is 10.2. The lowest BCUT2D eigenvalue weighted by atomic mass is 9.93. The van der Waals surface area contributed by atoms with Gasteiger partial charge in [-0.1, -0.05) is 48.5 Å². The predicted octanol–water partition coefficient (Wildman–Crippen LogP) is 7.72. The highest BCUT2D eigenvalue weighted by Gasteiger charge is 2.37. The van der Waals surface area contributed by atoms with E-state index in [-0.39, 0.29) is 35.5 Å². The van der Waals surface area contributed by atoms with Crippen LogP contribution in [0.3, 0.4) is 0 Å². The smallest absolute Gasteiger partial charge is 0.344 e. The number of halogens is 8. The lowest BCUT2D eigenvalue weighted by Gasteiger charge is -2.43. The molecule has 1 saturated heterocycles. The first kappa shape index (κ1) is 31.9. The summed E-state index contributed by atoms with van der Waals surface area (Å²) in [6.07, 6.45) is -4.01. The Morgan fingerprint density at radius 3 is 2.00 bits per heavy atom. The first-order chi connectivity index (χ1) is 19.2. The fourth-order valence-electron chi connectivity index (χ4n) is 5.78. The molecule has 2 fully saturated rings. The van der Waals surface area contributed by atoms with Crippen LogP contribution in [0, 0.1) is 0 Å². The zero-order valence-corrected chi connectivity index (χ0v) is 24.2. The Hall–Kier alpha value is -2.01. The zero-order valence-electron chi connectivity index (χ0n) is 22.7. The molecule has 2 aliphatic rings. The van der Waals surface area contributed by atoms with E-state index in [4.69, 9.17) is 23.2 Å². The van der Waals surface area contributed by atoms with Crippen LogP contribution in [0.5, 0.6) is 0 Å². The molecule has 226 valence electrons. The summed E-state index contributed by atoms with van der Waals surface area (Å²) in [5.41, 5.74) is -2.28. The van der Waals surface area contributed by atoms with Gasteiger partial charge in [-0.15, -0.1) is 0 Å². The van der Waals surface area contributed by atoms with E-state index in [9.17, 15) is 31.1 Å². The quantitative estimate of drug-likeness (QED) is 0.295. The van der Waals surface area contributed by atoms with Gasteiger partial charge in [0.05, 0.1) is 21.2 Å². The highest BCUT2D eigenvalue weighted by atomic mass is 35.5. The van der Waals surface area contributed by atoms with E-state index in [1.54, 1.807) is 18.2 Å². The molecule has 1 heterocycles. The molecule has 0 spiro atoms. The third-order valence-electron chi connectivity index (χ3n) is 8.06. The number of amides is 1. The van der Waals surface area contributed by atoms with E-state index in [1.165, 1.54) is 44.1 Å². The van der Waals surface area contributed by atoms with E-state index in [0.29, 0.717) is 41.9 Å². The number of alkyl halides is 6. The van der Waals surface area contributed by atoms with Crippen molar-refractivity contribution in [2.45, 2.75) is 63.0 Å².